The number of piperidine rings is 1. The molecule has 0 radical (unpaired) electrons. The molecule has 12 heavy (non-hydrogen) atoms. The van der Waals surface area contributed by atoms with E-state index in [9.17, 15) is 4.79 Å². The van der Waals surface area contributed by atoms with Gasteiger partial charge >= 0.3 is 5.97 Å². The Morgan fingerprint density at radius 2 is 2.50 bits per heavy atom. The van der Waals surface area contributed by atoms with Crippen molar-refractivity contribution < 1.29 is 9.53 Å². The van der Waals surface area contributed by atoms with Gasteiger partial charge in [0.05, 0.1) is 13.0 Å². The van der Waals surface area contributed by atoms with Crippen molar-refractivity contribution in [2.75, 3.05) is 19.5 Å². The Balaban J connectivity index is 2.52. The van der Waals surface area contributed by atoms with E-state index in [0.717, 1.165) is 19.4 Å². The van der Waals surface area contributed by atoms with Crippen molar-refractivity contribution in [1.29, 1.82) is 0 Å². The molecule has 0 amide bonds. The molecule has 0 aromatic carbocycles. The minimum absolute atomic E-state index is 0.0544. The molecule has 1 aliphatic rings. The van der Waals surface area contributed by atoms with E-state index in [1.54, 1.807) is 0 Å². The Morgan fingerprint density at radius 3 is 3.08 bits per heavy atom. The van der Waals surface area contributed by atoms with Gasteiger partial charge in [0, 0.05) is 11.9 Å². The van der Waals surface area contributed by atoms with Crippen LogP contribution in [0.5, 0.6) is 0 Å². The number of alkyl halides is 1. The Morgan fingerprint density at radius 1 is 1.75 bits per heavy atom. The molecule has 1 aliphatic heterocycles. The number of esters is 1. The van der Waals surface area contributed by atoms with Crippen LogP contribution in [0.3, 0.4) is 0 Å². The average molecular weight is 192 g/mol. The summed E-state index contributed by atoms with van der Waals surface area (Å²) >= 11 is 5.71. The quantitative estimate of drug-likeness (QED) is 0.518. The lowest BCUT2D eigenvalue weighted by atomic mass is 9.92. The largest absolute Gasteiger partial charge is 0.469 e. The smallest absolute Gasteiger partial charge is 0.310 e. The SMILES string of the molecule is COC(=O)C1CCCNC1CCl. The van der Waals surface area contributed by atoms with Gasteiger partial charge in [-0.2, -0.15) is 0 Å². The molecule has 1 fully saturated rings. The molecule has 0 spiro atoms. The Labute approximate surface area is 77.4 Å². The number of carbonyl (C=O) groups is 1. The lowest BCUT2D eigenvalue weighted by molar-refractivity contribution is -0.147. The maximum absolute atomic E-state index is 11.2. The highest BCUT2D eigenvalue weighted by atomic mass is 35.5. The van der Waals surface area contributed by atoms with Gasteiger partial charge in [0.25, 0.3) is 0 Å². The summed E-state index contributed by atoms with van der Waals surface area (Å²) in [5.74, 6) is 0.272. The highest BCUT2D eigenvalue weighted by Crippen LogP contribution is 2.18. The second-order valence-corrected chi connectivity index (χ2v) is 3.30. The third-order valence-corrected chi connectivity index (χ3v) is 2.59. The van der Waals surface area contributed by atoms with E-state index in [1.807, 2.05) is 0 Å². The van der Waals surface area contributed by atoms with Crippen LogP contribution >= 0.6 is 11.6 Å². The first-order valence-electron chi connectivity index (χ1n) is 4.16. The molecule has 1 heterocycles. The molecule has 1 saturated heterocycles. The molecular formula is C8H14ClNO2. The number of methoxy groups -OCH3 is 1. The second kappa shape index (κ2) is 4.67. The molecule has 0 bridgehead atoms. The minimum Gasteiger partial charge on any atom is -0.469 e. The molecule has 0 aromatic rings. The lowest BCUT2D eigenvalue weighted by Crippen LogP contribution is -2.46. The normalized spacial score (nSPS) is 29.8. The summed E-state index contributed by atoms with van der Waals surface area (Å²) in [5.41, 5.74) is 0. The zero-order chi connectivity index (χ0) is 8.97. The van der Waals surface area contributed by atoms with E-state index in [2.05, 4.69) is 10.1 Å². The van der Waals surface area contributed by atoms with Gasteiger partial charge in [-0.15, -0.1) is 11.6 Å². The van der Waals surface area contributed by atoms with E-state index in [0.29, 0.717) is 5.88 Å². The first kappa shape index (κ1) is 9.81. The van der Waals surface area contributed by atoms with E-state index in [-0.39, 0.29) is 17.9 Å². The summed E-state index contributed by atoms with van der Waals surface area (Å²) in [7, 11) is 1.42. The number of carbonyl (C=O) groups excluding carboxylic acids is 1. The molecule has 2 atom stereocenters. The maximum Gasteiger partial charge on any atom is 0.310 e. The van der Waals surface area contributed by atoms with Crippen LogP contribution in [0.15, 0.2) is 0 Å². The lowest BCUT2D eigenvalue weighted by Gasteiger charge is -2.28. The number of halogens is 1. The summed E-state index contributed by atoms with van der Waals surface area (Å²) in [4.78, 5) is 11.2. The molecule has 2 unspecified atom stereocenters. The van der Waals surface area contributed by atoms with Crippen LogP contribution < -0.4 is 5.32 Å². The Hall–Kier alpha value is -0.280. The van der Waals surface area contributed by atoms with E-state index >= 15 is 0 Å². The summed E-state index contributed by atoms with van der Waals surface area (Å²) in [6, 6.07) is 0.0906. The molecule has 70 valence electrons. The predicted molar refractivity (Wildman–Crippen MR) is 47.3 cm³/mol. The first-order chi connectivity index (χ1) is 5.79. The van der Waals surface area contributed by atoms with Crippen molar-refractivity contribution in [1.82, 2.24) is 5.32 Å². The van der Waals surface area contributed by atoms with Gasteiger partial charge in [-0.25, -0.2) is 0 Å². The molecule has 1 rings (SSSR count). The molecule has 0 aromatic heterocycles. The predicted octanol–water partition coefficient (Wildman–Crippen LogP) is 0.766. The summed E-state index contributed by atoms with van der Waals surface area (Å²) in [6.45, 7) is 0.949. The molecule has 0 saturated carbocycles. The summed E-state index contributed by atoms with van der Waals surface area (Å²) < 4.78 is 4.68. The van der Waals surface area contributed by atoms with E-state index < -0.39 is 0 Å². The number of rotatable bonds is 2. The first-order valence-corrected chi connectivity index (χ1v) is 4.70. The van der Waals surface area contributed by atoms with Gasteiger partial charge in [-0.3, -0.25) is 4.79 Å². The van der Waals surface area contributed by atoms with Gasteiger partial charge in [0.1, 0.15) is 0 Å². The van der Waals surface area contributed by atoms with E-state index in [4.69, 9.17) is 11.6 Å². The van der Waals surface area contributed by atoms with Gasteiger partial charge in [0.2, 0.25) is 0 Å². The van der Waals surface area contributed by atoms with Crippen molar-refractivity contribution in [2.24, 2.45) is 5.92 Å². The monoisotopic (exact) mass is 191 g/mol. The van der Waals surface area contributed by atoms with Crippen LogP contribution in [0.4, 0.5) is 0 Å². The highest BCUT2D eigenvalue weighted by Gasteiger charge is 2.30. The van der Waals surface area contributed by atoms with Crippen molar-refractivity contribution >= 4 is 17.6 Å². The molecule has 1 N–H and O–H groups in total. The Bertz CT molecular complexity index is 163. The number of hydrogen-bond donors (Lipinski definition) is 1. The van der Waals surface area contributed by atoms with Crippen LogP contribution in [-0.4, -0.2) is 31.5 Å². The second-order valence-electron chi connectivity index (χ2n) is 2.99. The van der Waals surface area contributed by atoms with Crippen molar-refractivity contribution in [3.63, 3.8) is 0 Å². The third-order valence-electron chi connectivity index (χ3n) is 2.25. The fourth-order valence-corrected chi connectivity index (χ4v) is 1.87. The molecular weight excluding hydrogens is 178 g/mol. The zero-order valence-corrected chi connectivity index (χ0v) is 7.93. The van der Waals surface area contributed by atoms with Gasteiger partial charge in [-0.05, 0) is 19.4 Å². The number of nitrogens with one attached hydrogen (secondary N) is 1. The zero-order valence-electron chi connectivity index (χ0n) is 7.18. The highest BCUT2D eigenvalue weighted by molar-refractivity contribution is 6.18. The van der Waals surface area contributed by atoms with Crippen LogP contribution in [0.1, 0.15) is 12.8 Å². The topological polar surface area (TPSA) is 38.3 Å². The Kier molecular flexibility index (Phi) is 3.82. The van der Waals surface area contributed by atoms with Gasteiger partial charge in [0.15, 0.2) is 0 Å². The van der Waals surface area contributed by atoms with Crippen LogP contribution in [0, 0.1) is 5.92 Å². The van der Waals surface area contributed by atoms with Crippen molar-refractivity contribution in [2.45, 2.75) is 18.9 Å². The van der Waals surface area contributed by atoms with Crippen LogP contribution in [-0.2, 0) is 9.53 Å². The number of ether oxygens (including phenoxy) is 1. The fourth-order valence-electron chi connectivity index (χ4n) is 1.55. The average Bonchev–Trinajstić information content (AvgIpc) is 2.16. The molecule has 3 nitrogen and oxygen atoms in total. The van der Waals surface area contributed by atoms with Crippen LogP contribution in [0.2, 0.25) is 0 Å². The van der Waals surface area contributed by atoms with E-state index in [1.165, 1.54) is 7.11 Å². The molecule has 0 aliphatic carbocycles. The third kappa shape index (κ3) is 2.11. The standard InChI is InChI=1S/C8H14ClNO2/c1-12-8(11)6-3-2-4-10-7(6)5-9/h6-7,10H,2-5H2,1H3. The summed E-state index contributed by atoms with van der Waals surface area (Å²) in [6.07, 6.45) is 1.91. The number of hydrogen-bond acceptors (Lipinski definition) is 3. The molecule has 4 heteroatoms. The fraction of sp³-hybridized carbons (Fsp3) is 0.875. The van der Waals surface area contributed by atoms with Gasteiger partial charge in [-0.1, -0.05) is 0 Å². The van der Waals surface area contributed by atoms with Crippen LogP contribution in [0.25, 0.3) is 0 Å². The van der Waals surface area contributed by atoms with Gasteiger partial charge < -0.3 is 10.1 Å². The summed E-state index contributed by atoms with van der Waals surface area (Å²) in [5, 5.41) is 3.20. The maximum atomic E-state index is 11.2. The van der Waals surface area contributed by atoms with Crippen molar-refractivity contribution in [3.05, 3.63) is 0 Å². The van der Waals surface area contributed by atoms with Crippen molar-refractivity contribution in [3.8, 4) is 0 Å². The minimum atomic E-state index is -0.146.